The van der Waals surface area contributed by atoms with Gasteiger partial charge < -0.3 is 15.2 Å². The van der Waals surface area contributed by atoms with Gasteiger partial charge in [-0.1, -0.05) is 48.2 Å². The summed E-state index contributed by atoms with van der Waals surface area (Å²) in [4.78, 5) is 38.4. The second-order valence-corrected chi connectivity index (χ2v) is 7.82. The smallest absolute Gasteiger partial charge is 0.266 e. The number of carbonyl (C=O) groups excluding carboxylic acids is 3. The fourth-order valence-electron chi connectivity index (χ4n) is 2.24. The van der Waals surface area contributed by atoms with Crippen LogP contribution in [0.1, 0.15) is 15.2 Å². The van der Waals surface area contributed by atoms with Gasteiger partial charge in [0, 0.05) is 16.1 Å². The fraction of sp³-hybridized carbons (Fsp3) is 0.0588. The monoisotopic (exact) mass is 403 g/mol. The lowest BCUT2D eigenvalue weighted by molar-refractivity contribution is -0.254. The van der Waals surface area contributed by atoms with Crippen LogP contribution in [0.15, 0.2) is 46.7 Å². The van der Waals surface area contributed by atoms with E-state index >= 15 is 0 Å². The first-order chi connectivity index (χ1) is 12.5. The maximum absolute atomic E-state index is 12.5. The van der Waals surface area contributed by atoms with Crippen molar-refractivity contribution in [2.24, 2.45) is 0 Å². The molecule has 9 heteroatoms. The Morgan fingerprint density at radius 2 is 2.00 bits per heavy atom. The molecule has 1 aliphatic heterocycles. The number of carboxylic acids is 1. The molecule has 1 aliphatic rings. The molecule has 1 saturated heterocycles. The van der Waals surface area contributed by atoms with E-state index < -0.39 is 11.9 Å². The largest absolute Gasteiger partial charge is 0.545 e. The topological polar surface area (TPSA) is 89.5 Å². The molecule has 1 fully saturated rings. The van der Waals surface area contributed by atoms with Crippen molar-refractivity contribution in [2.45, 2.75) is 0 Å². The molecule has 0 aliphatic carbocycles. The maximum atomic E-state index is 12.5. The lowest BCUT2D eigenvalue weighted by Crippen LogP contribution is -2.36. The summed E-state index contributed by atoms with van der Waals surface area (Å²) >= 11 is 7.80. The van der Waals surface area contributed by atoms with Gasteiger partial charge in [0.2, 0.25) is 5.91 Å². The Kier molecular flexibility index (Phi) is 5.50. The minimum Gasteiger partial charge on any atom is -0.545 e. The molecular formula is C17H11N2O4S3-. The summed E-state index contributed by atoms with van der Waals surface area (Å²) in [7, 11) is 0. The third kappa shape index (κ3) is 4.01. The van der Waals surface area contributed by atoms with Gasteiger partial charge in [0.15, 0.2) is 0 Å². The Bertz CT molecular complexity index is 922. The molecule has 26 heavy (non-hydrogen) atoms. The molecule has 0 radical (unpaired) electrons. The average molecular weight is 403 g/mol. The SMILES string of the molecule is O=C(CN1C(=O)/C(=C/c2cccs2)SC1=S)Nc1ccccc1C(=O)[O-]. The molecule has 0 unspecified atom stereocenters. The molecular weight excluding hydrogens is 392 g/mol. The van der Waals surface area contributed by atoms with E-state index in [-0.39, 0.29) is 28.0 Å². The quantitative estimate of drug-likeness (QED) is 0.606. The first-order valence-corrected chi connectivity index (χ1v) is 9.45. The number of hydrogen-bond donors (Lipinski definition) is 1. The molecule has 132 valence electrons. The van der Waals surface area contributed by atoms with Gasteiger partial charge in [0.1, 0.15) is 10.9 Å². The van der Waals surface area contributed by atoms with Crippen molar-refractivity contribution in [3.8, 4) is 0 Å². The van der Waals surface area contributed by atoms with Gasteiger partial charge in [0.25, 0.3) is 5.91 Å². The molecule has 1 N–H and O–H groups in total. The van der Waals surface area contributed by atoms with E-state index in [1.807, 2.05) is 17.5 Å². The summed E-state index contributed by atoms with van der Waals surface area (Å²) in [5.41, 5.74) is -0.0269. The number of carbonyl (C=O) groups is 3. The average Bonchev–Trinajstić information content (AvgIpc) is 3.19. The molecule has 2 heterocycles. The summed E-state index contributed by atoms with van der Waals surface area (Å²) in [6, 6.07) is 9.64. The predicted octanol–water partition coefficient (Wildman–Crippen LogP) is 1.95. The summed E-state index contributed by atoms with van der Waals surface area (Å²) in [6.45, 7) is -0.298. The molecule has 1 aromatic heterocycles. The number of rotatable bonds is 5. The van der Waals surface area contributed by atoms with Gasteiger partial charge in [-0.3, -0.25) is 14.5 Å². The van der Waals surface area contributed by atoms with E-state index in [4.69, 9.17) is 12.2 Å². The predicted molar refractivity (Wildman–Crippen MR) is 104 cm³/mol. The minimum absolute atomic E-state index is 0.108. The Morgan fingerprint density at radius 3 is 2.69 bits per heavy atom. The Labute approximate surface area is 162 Å². The van der Waals surface area contributed by atoms with Crippen LogP contribution in [0.2, 0.25) is 0 Å². The molecule has 1 aromatic carbocycles. The van der Waals surface area contributed by atoms with Crippen LogP contribution in [0.25, 0.3) is 6.08 Å². The zero-order chi connectivity index (χ0) is 18.7. The number of nitrogens with one attached hydrogen (secondary N) is 1. The number of carboxylic acid groups (broad SMARTS) is 1. The van der Waals surface area contributed by atoms with E-state index in [9.17, 15) is 19.5 Å². The highest BCUT2D eigenvalue weighted by molar-refractivity contribution is 8.26. The van der Waals surface area contributed by atoms with Gasteiger partial charge >= 0.3 is 0 Å². The van der Waals surface area contributed by atoms with Crippen molar-refractivity contribution in [3.05, 3.63) is 57.1 Å². The van der Waals surface area contributed by atoms with Crippen LogP contribution in [0.4, 0.5) is 5.69 Å². The number of aromatic carboxylic acids is 1. The van der Waals surface area contributed by atoms with Crippen LogP contribution < -0.4 is 10.4 Å². The molecule has 3 rings (SSSR count). The first kappa shape index (κ1) is 18.3. The zero-order valence-corrected chi connectivity index (χ0v) is 15.6. The van der Waals surface area contributed by atoms with Crippen molar-refractivity contribution in [1.82, 2.24) is 4.90 Å². The van der Waals surface area contributed by atoms with E-state index in [0.29, 0.717) is 4.91 Å². The van der Waals surface area contributed by atoms with E-state index in [0.717, 1.165) is 16.6 Å². The van der Waals surface area contributed by atoms with Crippen LogP contribution in [-0.4, -0.2) is 33.5 Å². The van der Waals surface area contributed by atoms with Crippen LogP contribution in [0.5, 0.6) is 0 Å². The highest BCUT2D eigenvalue weighted by atomic mass is 32.2. The maximum Gasteiger partial charge on any atom is 0.266 e. The van der Waals surface area contributed by atoms with Crippen LogP contribution in [0.3, 0.4) is 0 Å². The molecule has 0 spiro atoms. The highest BCUT2D eigenvalue weighted by Gasteiger charge is 2.33. The normalized spacial score (nSPS) is 15.5. The van der Waals surface area contributed by atoms with Crippen LogP contribution in [0, 0.1) is 0 Å². The Hall–Kier alpha value is -2.49. The summed E-state index contributed by atoms with van der Waals surface area (Å²) in [5.74, 6) is -2.30. The number of benzene rings is 1. The van der Waals surface area contributed by atoms with E-state index in [1.165, 1.54) is 34.4 Å². The molecule has 0 bridgehead atoms. The summed E-state index contributed by atoms with van der Waals surface area (Å²) in [5, 5.41) is 15.5. The van der Waals surface area contributed by atoms with Crippen molar-refractivity contribution in [1.29, 1.82) is 0 Å². The highest BCUT2D eigenvalue weighted by Crippen LogP contribution is 2.33. The molecule has 0 saturated carbocycles. The first-order valence-electron chi connectivity index (χ1n) is 7.35. The number of para-hydroxylation sites is 1. The number of thiophene rings is 1. The molecule has 6 nitrogen and oxygen atoms in total. The van der Waals surface area contributed by atoms with Gasteiger partial charge in [0.05, 0.1) is 10.9 Å². The zero-order valence-electron chi connectivity index (χ0n) is 13.1. The molecule has 2 aromatic rings. The Morgan fingerprint density at radius 1 is 1.23 bits per heavy atom. The lowest BCUT2D eigenvalue weighted by Gasteiger charge is -2.16. The Balaban J connectivity index is 1.71. The molecule has 2 amide bonds. The van der Waals surface area contributed by atoms with Gasteiger partial charge in [-0.05, 0) is 23.6 Å². The standard InChI is InChI=1S/C17H12N2O4S3/c20-14(18-12-6-2-1-5-11(12)16(22)23)9-19-15(21)13(26-17(19)24)8-10-4-3-7-25-10/h1-8H,9H2,(H,18,20)(H,22,23)/p-1/b13-8-. The van der Waals surface area contributed by atoms with E-state index in [1.54, 1.807) is 12.1 Å². The van der Waals surface area contributed by atoms with Crippen molar-refractivity contribution in [2.75, 3.05) is 11.9 Å². The second-order valence-electron chi connectivity index (χ2n) is 5.16. The minimum atomic E-state index is -1.40. The number of thiocarbonyl (C=S) groups is 1. The number of thioether (sulfide) groups is 1. The van der Waals surface area contributed by atoms with Crippen LogP contribution in [-0.2, 0) is 9.59 Å². The van der Waals surface area contributed by atoms with Gasteiger partial charge in [-0.2, -0.15) is 0 Å². The summed E-state index contributed by atoms with van der Waals surface area (Å²) in [6.07, 6.45) is 1.73. The van der Waals surface area contributed by atoms with Crippen molar-refractivity contribution < 1.29 is 19.5 Å². The molecule has 0 atom stereocenters. The number of anilines is 1. The lowest BCUT2D eigenvalue weighted by atomic mass is 10.2. The van der Waals surface area contributed by atoms with Crippen molar-refractivity contribution >= 4 is 69.2 Å². The summed E-state index contributed by atoms with van der Waals surface area (Å²) < 4.78 is 0.279. The number of hydrogen-bond acceptors (Lipinski definition) is 7. The van der Waals surface area contributed by atoms with Crippen LogP contribution >= 0.6 is 35.3 Å². The van der Waals surface area contributed by atoms with E-state index in [2.05, 4.69) is 5.32 Å². The van der Waals surface area contributed by atoms with Crippen molar-refractivity contribution in [3.63, 3.8) is 0 Å². The van der Waals surface area contributed by atoms with Gasteiger partial charge in [-0.15, -0.1) is 11.3 Å². The van der Waals surface area contributed by atoms with Gasteiger partial charge in [-0.25, -0.2) is 0 Å². The number of nitrogens with zero attached hydrogens (tertiary/aromatic N) is 1. The number of amides is 2. The fourth-order valence-corrected chi connectivity index (χ4v) is 4.22. The second kappa shape index (κ2) is 7.81. The third-order valence-electron chi connectivity index (χ3n) is 3.41. The third-order valence-corrected chi connectivity index (χ3v) is 5.61.